The molecular formula is C17H11F2N7. The van der Waals surface area contributed by atoms with Crippen LogP contribution in [0, 0.1) is 29.5 Å². The summed E-state index contributed by atoms with van der Waals surface area (Å²) in [6.45, 7) is 6.84. The third kappa shape index (κ3) is 4.94. The molecule has 0 aliphatic carbocycles. The highest BCUT2D eigenvalue weighted by atomic mass is 19.1. The van der Waals surface area contributed by atoms with Crippen molar-refractivity contribution in [3.8, 4) is 6.07 Å². The zero-order chi connectivity index (χ0) is 18.9. The van der Waals surface area contributed by atoms with Crippen LogP contribution < -0.4 is 11.2 Å². The molecule has 0 bridgehead atoms. The van der Waals surface area contributed by atoms with Gasteiger partial charge in [-0.3, -0.25) is 0 Å². The molecule has 0 fully saturated rings. The van der Waals surface area contributed by atoms with Gasteiger partial charge in [-0.1, -0.05) is 12.1 Å². The molecule has 0 heterocycles. The minimum absolute atomic E-state index is 0.105. The molecule has 0 radical (unpaired) electrons. The third-order valence-electron chi connectivity index (χ3n) is 2.97. The van der Waals surface area contributed by atoms with Crippen molar-refractivity contribution in [1.82, 2.24) is 5.43 Å². The van der Waals surface area contributed by atoms with Crippen molar-refractivity contribution in [2.24, 2.45) is 21.0 Å². The first-order valence-electron chi connectivity index (χ1n) is 7.05. The Morgan fingerprint density at radius 2 is 1.85 bits per heavy atom. The summed E-state index contributed by atoms with van der Waals surface area (Å²) >= 11 is 0. The van der Waals surface area contributed by atoms with Crippen LogP contribution in [-0.2, 0) is 0 Å². The SMILES string of the molecule is [C-]#[N+]c1cc(/C=N/NC(N)=N/N=C/c2ccc(F)c(C#N)c2)ccc1F. The normalized spacial score (nSPS) is 11.5. The van der Waals surface area contributed by atoms with E-state index < -0.39 is 11.6 Å². The highest BCUT2D eigenvalue weighted by molar-refractivity contribution is 5.85. The second-order valence-corrected chi connectivity index (χ2v) is 4.77. The van der Waals surface area contributed by atoms with Gasteiger partial charge in [0.25, 0.3) is 0 Å². The highest BCUT2D eigenvalue weighted by Gasteiger charge is 2.02. The molecular weight excluding hydrogens is 340 g/mol. The summed E-state index contributed by atoms with van der Waals surface area (Å²) in [5.74, 6) is -1.36. The van der Waals surface area contributed by atoms with Crippen LogP contribution in [-0.4, -0.2) is 18.4 Å². The molecule has 0 aliphatic rings. The van der Waals surface area contributed by atoms with E-state index in [0.717, 1.165) is 12.1 Å². The van der Waals surface area contributed by atoms with Crippen molar-refractivity contribution in [2.75, 3.05) is 0 Å². The number of hydrazone groups is 1. The number of benzene rings is 2. The van der Waals surface area contributed by atoms with Gasteiger partial charge in [-0.2, -0.15) is 15.5 Å². The number of halogens is 2. The Labute approximate surface area is 147 Å². The number of hydrogen-bond donors (Lipinski definition) is 2. The first-order valence-corrected chi connectivity index (χ1v) is 7.05. The minimum Gasteiger partial charge on any atom is -0.367 e. The number of nitrogens with two attached hydrogens (primary N) is 1. The first kappa shape index (κ1) is 18.2. The highest BCUT2D eigenvalue weighted by Crippen LogP contribution is 2.18. The van der Waals surface area contributed by atoms with Crippen molar-refractivity contribution in [3.63, 3.8) is 0 Å². The van der Waals surface area contributed by atoms with E-state index in [9.17, 15) is 8.78 Å². The molecule has 3 N–H and O–H groups in total. The number of hydrogen-bond acceptors (Lipinski definition) is 4. The molecule has 0 amide bonds. The van der Waals surface area contributed by atoms with Gasteiger partial charge in [-0.05, 0) is 35.4 Å². The maximum atomic E-state index is 13.2. The van der Waals surface area contributed by atoms with Crippen LogP contribution in [0.1, 0.15) is 16.7 Å². The molecule has 7 nitrogen and oxygen atoms in total. The lowest BCUT2D eigenvalue weighted by Gasteiger charge is -1.98. The van der Waals surface area contributed by atoms with Crippen LogP contribution in [0.2, 0.25) is 0 Å². The number of nitrogens with one attached hydrogen (secondary N) is 1. The molecule has 26 heavy (non-hydrogen) atoms. The number of nitrogens with zero attached hydrogens (tertiary/aromatic N) is 5. The van der Waals surface area contributed by atoms with Crippen LogP contribution in [0.4, 0.5) is 14.5 Å². The largest absolute Gasteiger partial charge is 0.367 e. The van der Waals surface area contributed by atoms with Gasteiger partial charge in [0.2, 0.25) is 11.6 Å². The molecule has 0 unspecified atom stereocenters. The summed E-state index contributed by atoms with van der Waals surface area (Å²) in [4.78, 5) is 3.04. The molecule has 2 aromatic carbocycles. The van der Waals surface area contributed by atoms with Crippen molar-refractivity contribution < 1.29 is 8.78 Å². The van der Waals surface area contributed by atoms with Crippen LogP contribution in [0.25, 0.3) is 4.85 Å². The zero-order valence-electron chi connectivity index (χ0n) is 13.2. The lowest BCUT2D eigenvalue weighted by Crippen LogP contribution is -2.26. The van der Waals surface area contributed by atoms with Crippen molar-refractivity contribution in [2.45, 2.75) is 0 Å². The Hall–Kier alpha value is -4.11. The van der Waals surface area contributed by atoms with Crippen molar-refractivity contribution in [3.05, 3.63) is 76.1 Å². The van der Waals surface area contributed by atoms with Gasteiger partial charge in [0.05, 0.1) is 24.6 Å². The van der Waals surface area contributed by atoms with E-state index in [-0.39, 0.29) is 17.2 Å². The number of guanidine groups is 1. The van der Waals surface area contributed by atoms with Crippen molar-refractivity contribution >= 4 is 24.1 Å². The van der Waals surface area contributed by atoms with E-state index in [1.165, 1.54) is 36.7 Å². The standard InChI is InChI=1S/C17H11F2N7/c1-22-16-7-12(3-5-15(16)19)10-24-26-17(21)25-23-9-11-2-4-14(18)13(6-11)8-20/h2-7,9-10H,(H3,21,25,26)/b23-9+,24-10+. The minimum atomic E-state index is -0.620. The van der Waals surface area contributed by atoms with Crippen LogP contribution in [0.3, 0.4) is 0 Å². The quantitative estimate of drug-likeness (QED) is 0.383. The average molecular weight is 351 g/mol. The fraction of sp³-hybridized carbons (Fsp3) is 0. The maximum absolute atomic E-state index is 13.2. The van der Waals surface area contributed by atoms with E-state index in [2.05, 4.69) is 25.6 Å². The number of nitriles is 1. The predicted octanol–water partition coefficient (Wildman–Crippen LogP) is 2.66. The number of rotatable bonds is 4. The van der Waals surface area contributed by atoms with Crippen molar-refractivity contribution in [1.29, 1.82) is 5.26 Å². The van der Waals surface area contributed by atoms with Gasteiger partial charge >= 0.3 is 0 Å². The van der Waals surface area contributed by atoms with Gasteiger partial charge in [-0.25, -0.2) is 19.1 Å². The van der Waals surface area contributed by atoms with E-state index >= 15 is 0 Å². The lowest BCUT2D eigenvalue weighted by atomic mass is 10.1. The summed E-state index contributed by atoms with van der Waals surface area (Å²) in [6, 6.07) is 9.56. The summed E-state index contributed by atoms with van der Waals surface area (Å²) in [5, 5.41) is 19.9. The second kappa shape index (κ2) is 8.66. The van der Waals surface area contributed by atoms with Gasteiger partial charge in [0.1, 0.15) is 17.7 Å². The monoisotopic (exact) mass is 351 g/mol. The Kier molecular flexibility index (Phi) is 6.07. The summed E-state index contributed by atoms with van der Waals surface area (Å²) in [6.07, 6.45) is 2.62. The summed E-state index contributed by atoms with van der Waals surface area (Å²) in [5.41, 5.74) is 8.70. The molecule has 2 aromatic rings. The molecule has 0 aromatic heterocycles. The fourth-order valence-corrected chi connectivity index (χ4v) is 1.76. The zero-order valence-corrected chi connectivity index (χ0v) is 13.2. The van der Waals surface area contributed by atoms with E-state index in [1.54, 1.807) is 6.07 Å². The Balaban J connectivity index is 1.98. The average Bonchev–Trinajstić information content (AvgIpc) is 2.64. The van der Waals surface area contributed by atoms with E-state index in [0.29, 0.717) is 11.1 Å². The third-order valence-corrected chi connectivity index (χ3v) is 2.97. The molecule has 9 heteroatoms. The van der Waals surface area contributed by atoms with Gasteiger partial charge in [0, 0.05) is 0 Å². The van der Waals surface area contributed by atoms with Crippen LogP contribution in [0.15, 0.2) is 51.7 Å². The molecule has 0 saturated heterocycles. The molecule has 0 aliphatic heterocycles. The Bertz CT molecular complexity index is 982. The molecule has 0 atom stereocenters. The predicted molar refractivity (Wildman–Crippen MR) is 93.7 cm³/mol. The lowest BCUT2D eigenvalue weighted by molar-refractivity contribution is 0.624. The van der Waals surface area contributed by atoms with Gasteiger partial charge in [-0.15, -0.1) is 5.10 Å². The summed E-state index contributed by atoms with van der Waals surface area (Å²) in [7, 11) is 0. The Morgan fingerprint density at radius 1 is 1.15 bits per heavy atom. The van der Waals surface area contributed by atoms with E-state index in [1.807, 2.05) is 0 Å². The smallest absolute Gasteiger partial charge is 0.234 e. The Morgan fingerprint density at radius 3 is 2.54 bits per heavy atom. The molecule has 2 rings (SSSR count). The summed E-state index contributed by atoms with van der Waals surface area (Å²) < 4.78 is 26.4. The second-order valence-electron chi connectivity index (χ2n) is 4.77. The molecule has 0 saturated carbocycles. The van der Waals surface area contributed by atoms with Gasteiger partial charge < -0.3 is 5.73 Å². The maximum Gasteiger partial charge on any atom is 0.234 e. The molecule has 128 valence electrons. The first-order chi connectivity index (χ1) is 12.5. The molecule has 0 spiro atoms. The van der Waals surface area contributed by atoms with Crippen LogP contribution >= 0.6 is 0 Å². The topological polar surface area (TPSA) is 103 Å². The van der Waals surface area contributed by atoms with Gasteiger partial charge in [0.15, 0.2) is 0 Å². The fourth-order valence-electron chi connectivity index (χ4n) is 1.76. The van der Waals surface area contributed by atoms with E-state index in [4.69, 9.17) is 17.6 Å². The van der Waals surface area contributed by atoms with Crippen LogP contribution in [0.5, 0.6) is 0 Å².